The fourth-order valence-corrected chi connectivity index (χ4v) is 3.27. The van der Waals surface area contributed by atoms with Gasteiger partial charge in [0.05, 0.1) is 5.56 Å². The van der Waals surface area contributed by atoms with Gasteiger partial charge in [-0.25, -0.2) is 4.79 Å². The van der Waals surface area contributed by atoms with Gasteiger partial charge >= 0.3 is 5.97 Å². The van der Waals surface area contributed by atoms with Crippen molar-refractivity contribution in [2.45, 2.75) is 31.4 Å². The zero-order valence-corrected chi connectivity index (χ0v) is 16.3. The van der Waals surface area contributed by atoms with Gasteiger partial charge in [0.2, 0.25) is 5.91 Å². The van der Waals surface area contributed by atoms with Gasteiger partial charge in [-0.3, -0.25) is 20.4 Å². The molecule has 0 aromatic heterocycles. The molecular formula is C20H22N2O4S. The first-order valence-electron chi connectivity index (χ1n) is 8.36. The van der Waals surface area contributed by atoms with Crippen LogP contribution in [0.4, 0.5) is 0 Å². The van der Waals surface area contributed by atoms with Crippen LogP contribution in [0.2, 0.25) is 0 Å². The first kappa shape index (κ1) is 20.5. The lowest BCUT2D eigenvalue weighted by atomic mass is 10.1. The predicted molar refractivity (Wildman–Crippen MR) is 104 cm³/mol. The minimum absolute atomic E-state index is 0.376. The third-order valence-corrected chi connectivity index (χ3v) is 4.85. The van der Waals surface area contributed by atoms with Crippen molar-refractivity contribution in [2.75, 3.05) is 6.61 Å². The molecule has 0 saturated heterocycles. The molecule has 0 radical (unpaired) electrons. The third kappa shape index (κ3) is 6.79. The molecule has 2 N–H and O–H groups in total. The number of nitrogens with one attached hydrogen (secondary N) is 2. The number of thioether (sulfide) groups is 1. The van der Waals surface area contributed by atoms with Crippen LogP contribution in [0.1, 0.15) is 34.0 Å². The van der Waals surface area contributed by atoms with Gasteiger partial charge in [-0.1, -0.05) is 29.8 Å². The summed E-state index contributed by atoms with van der Waals surface area (Å²) in [7, 11) is 0. The lowest BCUT2D eigenvalue weighted by molar-refractivity contribution is -0.129. The SMILES string of the molecule is CC(=O)NNC(=O)COC(=O)c1cccc(CSc2ccc(C)cc2C)c1. The molecule has 0 saturated carbocycles. The van der Waals surface area contributed by atoms with Crippen LogP contribution in [0, 0.1) is 13.8 Å². The largest absolute Gasteiger partial charge is 0.452 e. The number of rotatable bonds is 6. The minimum Gasteiger partial charge on any atom is -0.452 e. The van der Waals surface area contributed by atoms with Crippen molar-refractivity contribution in [3.8, 4) is 0 Å². The second-order valence-electron chi connectivity index (χ2n) is 6.06. The summed E-state index contributed by atoms with van der Waals surface area (Å²) < 4.78 is 4.96. The predicted octanol–water partition coefficient (Wildman–Crippen LogP) is 2.92. The molecular weight excluding hydrogens is 364 g/mol. The van der Waals surface area contributed by atoms with E-state index in [-0.39, 0.29) is 0 Å². The third-order valence-electron chi connectivity index (χ3n) is 3.60. The Hall–Kier alpha value is -2.80. The van der Waals surface area contributed by atoms with Gasteiger partial charge in [-0.2, -0.15) is 0 Å². The van der Waals surface area contributed by atoms with E-state index in [2.05, 4.69) is 42.9 Å². The second kappa shape index (κ2) is 9.78. The van der Waals surface area contributed by atoms with E-state index in [1.807, 2.05) is 6.07 Å². The Morgan fingerprint density at radius 2 is 1.81 bits per heavy atom. The van der Waals surface area contributed by atoms with Crippen molar-refractivity contribution >= 4 is 29.5 Å². The second-order valence-corrected chi connectivity index (χ2v) is 7.08. The quantitative estimate of drug-likeness (QED) is 0.453. The number of benzene rings is 2. The molecule has 0 fully saturated rings. The van der Waals surface area contributed by atoms with Crippen LogP contribution < -0.4 is 10.9 Å². The molecule has 0 aliphatic heterocycles. The lowest BCUT2D eigenvalue weighted by Crippen LogP contribution is -2.42. The first-order valence-corrected chi connectivity index (χ1v) is 9.35. The Labute approximate surface area is 162 Å². The number of esters is 1. The Morgan fingerprint density at radius 1 is 1.04 bits per heavy atom. The summed E-state index contributed by atoms with van der Waals surface area (Å²) in [6.45, 7) is 4.93. The maximum atomic E-state index is 12.1. The van der Waals surface area contributed by atoms with Crippen molar-refractivity contribution in [1.82, 2.24) is 10.9 Å². The number of hydrogen-bond acceptors (Lipinski definition) is 5. The summed E-state index contributed by atoms with van der Waals surface area (Å²) in [6.07, 6.45) is 0. The molecule has 6 nitrogen and oxygen atoms in total. The zero-order chi connectivity index (χ0) is 19.8. The van der Waals surface area contributed by atoms with Crippen LogP contribution in [0.15, 0.2) is 47.4 Å². The van der Waals surface area contributed by atoms with Crippen molar-refractivity contribution in [3.05, 3.63) is 64.7 Å². The van der Waals surface area contributed by atoms with Crippen LogP contribution in [0.5, 0.6) is 0 Å². The highest BCUT2D eigenvalue weighted by atomic mass is 32.2. The maximum Gasteiger partial charge on any atom is 0.338 e. The van der Waals surface area contributed by atoms with Gasteiger partial charge in [0.15, 0.2) is 6.61 Å². The normalized spacial score (nSPS) is 10.2. The van der Waals surface area contributed by atoms with Crippen molar-refractivity contribution < 1.29 is 19.1 Å². The van der Waals surface area contributed by atoms with Crippen molar-refractivity contribution in [2.24, 2.45) is 0 Å². The van der Waals surface area contributed by atoms with Gasteiger partial charge in [-0.05, 0) is 43.2 Å². The molecule has 0 atom stereocenters. The molecule has 0 unspecified atom stereocenters. The van der Waals surface area contributed by atoms with E-state index in [9.17, 15) is 14.4 Å². The van der Waals surface area contributed by atoms with Crippen LogP contribution in [-0.4, -0.2) is 24.4 Å². The van der Waals surface area contributed by atoms with Crippen LogP contribution in [0.25, 0.3) is 0 Å². The molecule has 2 aromatic carbocycles. The summed E-state index contributed by atoms with van der Waals surface area (Å²) in [5.74, 6) is -0.899. The van der Waals surface area contributed by atoms with Gasteiger partial charge in [0.25, 0.3) is 5.91 Å². The molecule has 0 heterocycles. The van der Waals surface area contributed by atoms with E-state index < -0.39 is 24.4 Å². The number of aryl methyl sites for hydroxylation is 2. The van der Waals surface area contributed by atoms with E-state index >= 15 is 0 Å². The van der Waals surface area contributed by atoms with Gasteiger partial charge < -0.3 is 4.74 Å². The van der Waals surface area contributed by atoms with Gasteiger partial charge in [0.1, 0.15) is 0 Å². The van der Waals surface area contributed by atoms with E-state index in [1.54, 1.807) is 30.0 Å². The Kier molecular flexibility index (Phi) is 7.43. The van der Waals surface area contributed by atoms with E-state index in [4.69, 9.17) is 4.74 Å². The van der Waals surface area contributed by atoms with Crippen LogP contribution in [0.3, 0.4) is 0 Å². The van der Waals surface area contributed by atoms with E-state index in [1.165, 1.54) is 22.9 Å². The molecule has 0 spiro atoms. The van der Waals surface area contributed by atoms with Crippen LogP contribution in [-0.2, 0) is 20.1 Å². The first-order chi connectivity index (χ1) is 12.8. The molecule has 2 rings (SSSR count). The van der Waals surface area contributed by atoms with Crippen LogP contribution >= 0.6 is 11.8 Å². The lowest BCUT2D eigenvalue weighted by Gasteiger charge is -2.09. The summed E-state index contributed by atoms with van der Waals surface area (Å²) in [5.41, 5.74) is 8.06. The smallest absolute Gasteiger partial charge is 0.338 e. The maximum absolute atomic E-state index is 12.1. The number of hydrazine groups is 1. The fourth-order valence-electron chi connectivity index (χ4n) is 2.32. The summed E-state index contributed by atoms with van der Waals surface area (Å²) in [5, 5.41) is 0. The Balaban J connectivity index is 1.91. The zero-order valence-electron chi connectivity index (χ0n) is 15.5. The van der Waals surface area contributed by atoms with Crippen molar-refractivity contribution in [1.29, 1.82) is 0 Å². The number of carbonyl (C=O) groups is 3. The standard InChI is InChI=1S/C20H22N2O4S/c1-13-7-8-18(14(2)9-13)27-12-16-5-4-6-17(10-16)20(25)26-11-19(24)22-21-15(3)23/h4-10H,11-12H2,1-3H3,(H,21,23)(H,22,24). The van der Waals surface area contributed by atoms with Gasteiger partial charge in [0, 0.05) is 17.6 Å². The molecule has 27 heavy (non-hydrogen) atoms. The molecule has 0 bridgehead atoms. The number of carbonyl (C=O) groups excluding carboxylic acids is 3. The van der Waals surface area contributed by atoms with Crippen molar-refractivity contribution in [3.63, 3.8) is 0 Å². The Morgan fingerprint density at radius 3 is 2.52 bits per heavy atom. The highest BCUT2D eigenvalue weighted by molar-refractivity contribution is 7.98. The molecule has 2 amide bonds. The highest BCUT2D eigenvalue weighted by Gasteiger charge is 2.11. The van der Waals surface area contributed by atoms with E-state index in [0.717, 1.165) is 5.56 Å². The molecule has 2 aromatic rings. The number of ether oxygens (including phenoxy) is 1. The molecule has 0 aliphatic carbocycles. The molecule has 0 aliphatic rings. The average Bonchev–Trinajstić information content (AvgIpc) is 2.64. The average molecular weight is 386 g/mol. The number of amides is 2. The summed E-state index contributed by atoms with van der Waals surface area (Å²) >= 11 is 1.70. The molecule has 142 valence electrons. The molecule has 7 heteroatoms. The monoisotopic (exact) mass is 386 g/mol. The summed E-state index contributed by atoms with van der Waals surface area (Å²) in [4.78, 5) is 35.5. The number of hydrogen-bond donors (Lipinski definition) is 2. The minimum atomic E-state index is -0.611. The Bertz CT molecular complexity index is 852. The fraction of sp³-hybridized carbons (Fsp3) is 0.250. The summed E-state index contributed by atoms with van der Waals surface area (Å²) in [6, 6.07) is 13.4. The van der Waals surface area contributed by atoms with E-state index in [0.29, 0.717) is 11.3 Å². The topological polar surface area (TPSA) is 84.5 Å². The highest BCUT2D eigenvalue weighted by Crippen LogP contribution is 2.27. The van der Waals surface area contributed by atoms with Gasteiger partial charge in [-0.15, -0.1) is 11.8 Å².